The van der Waals surface area contributed by atoms with Gasteiger partial charge in [-0.05, 0) is 6.92 Å². The summed E-state index contributed by atoms with van der Waals surface area (Å²) in [5.41, 5.74) is -0.333. The zero-order chi connectivity index (χ0) is 13.4. The van der Waals surface area contributed by atoms with Gasteiger partial charge < -0.3 is 10.4 Å². The molecule has 94 valence electrons. The number of carboxylic acid groups (broad SMARTS) is 1. The highest BCUT2D eigenvalue weighted by Gasteiger charge is 2.40. The van der Waals surface area contributed by atoms with Crippen LogP contribution in [0.1, 0.15) is 16.1 Å². The van der Waals surface area contributed by atoms with Gasteiger partial charge in [0.25, 0.3) is 0 Å². The quantitative estimate of drug-likeness (QED) is 0.818. The molecule has 0 bridgehead atoms. The number of amides is 1. The van der Waals surface area contributed by atoms with E-state index in [1.165, 1.54) is 19.3 Å². The number of carboxylic acids is 1. The van der Waals surface area contributed by atoms with Crippen LogP contribution in [0.5, 0.6) is 0 Å². The standard InChI is InChI=1S/C8H8F3N3O3/c1-3-4(6(15)16)5(13-14(3)2)12-7(17)8(9,10)11/h1-2H3,(H,15,16)(H,12,13,17). The third-order valence-corrected chi connectivity index (χ3v) is 2.04. The Labute approximate surface area is 93.0 Å². The van der Waals surface area contributed by atoms with Crippen LogP contribution in [0.15, 0.2) is 0 Å². The average Bonchev–Trinajstić information content (AvgIpc) is 2.40. The largest absolute Gasteiger partial charge is 0.477 e. The molecule has 0 aromatic carbocycles. The van der Waals surface area contributed by atoms with E-state index in [0.29, 0.717) is 0 Å². The molecule has 1 amide bonds. The molecule has 1 rings (SSSR count). The van der Waals surface area contributed by atoms with Crippen LogP contribution in [-0.4, -0.2) is 32.9 Å². The van der Waals surface area contributed by atoms with Crippen molar-refractivity contribution in [3.63, 3.8) is 0 Å². The number of carbonyl (C=O) groups excluding carboxylic acids is 1. The third kappa shape index (κ3) is 2.55. The molecule has 9 heteroatoms. The molecular formula is C8H8F3N3O3. The minimum atomic E-state index is -5.10. The molecule has 6 nitrogen and oxygen atoms in total. The van der Waals surface area contributed by atoms with Crippen molar-refractivity contribution in [2.75, 3.05) is 5.32 Å². The summed E-state index contributed by atoms with van der Waals surface area (Å²) in [6.45, 7) is 1.36. The Kier molecular flexibility index (Phi) is 3.12. The van der Waals surface area contributed by atoms with Gasteiger partial charge in [0, 0.05) is 7.05 Å². The molecule has 17 heavy (non-hydrogen) atoms. The van der Waals surface area contributed by atoms with Crippen molar-refractivity contribution in [2.24, 2.45) is 7.05 Å². The first-order valence-corrected chi connectivity index (χ1v) is 4.29. The lowest BCUT2D eigenvalue weighted by Gasteiger charge is -2.05. The summed E-state index contributed by atoms with van der Waals surface area (Å²) in [7, 11) is 1.35. The fourth-order valence-corrected chi connectivity index (χ4v) is 1.13. The molecule has 0 unspecified atom stereocenters. The van der Waals surface area contributed by atoms with Gasteiger partial charge in [-0.15, -0.1) is 0 Å². The lowest BCUT2D eigenvalue weighted by Crippen LogP contribution is -2.30. The van der Waals surface area contributed by atoms with E-state index in [-0.39, 0.29) is 5.69 Å². The molecule has 0 saturated heterocycles. The number of hydrogen-bond acceptors (Lipinski definition) is 3. The number of halogens is 3. The summed E-state index contributed by atoms with van der Waals surface area (Å²) >= 11 is 0. The van der Waals surface area contributed by atoms with E-state index >= 15 is 0 Å². The number of alkyl halides is 3. The maximum atomic E-state index is 12.0. The molecule has 0 fully saturated rings. The molecule has 0 saturated carbocycles. The van der Waals surface area contributed by atoms with Crippen LogP contribution in [0.4, 0.5) is 19.0 Å². The molecule has 0 spiro atoms. The van der Waals surface area contributed by atoms with Gasteiger partial charge in [0.1, 0.15) is 5.56 Å². The number of hydrogen-bond donors (Lipinski definition) is 2. The Bertz CT molecular complexity index is 478. The van der Waals surface area contributed by atoms with Gasteiger partial charge in [0.05, 0.1) is 5.69 Å². The van der Waals surface area contributed by atoms with Gasteiger partial charge in [-0.3, -0.25) is 9.48 Å². The molecule has 1 aromatic heterocycles. The second kappa shape index (κ2) is 4.07. The first-order valence-electron chi connectivity index (χ1n) is 4.29. The predicted octanol–water partition coefficient (Wildman–Crippen LogP) is 0.928. The number of rotatable bonds is 2. The minimum Gasteiger partial charge on any atom is -0.477 e. The van der Waals surface area contributed by atoms with Crippen LogP contribution in [0, 0.1) is 6.92 Å². The topological polar surface area (TPSA) is 84.2 Å². The number of aryl methyl sites for hydroxylation is 1. The van der Waals surface area contributed by atoms with Crippen molar-refractivity contribution in [1.82, 2.24) is 9.78 Å². The number of anilines is 1. The number of aromatic nitrogens is 2. The van der Waals surface area contributed by atoms with E-state index in [4.69, 9.17) is 5.11 Å². The highest BCUT2D eigenvalue weighted by atomic mass is 19.4. The maximum absolute atomic E-state index is 12.0. The normalized spacial score (nSPS) is 11.4. The Hall–Kier alpha value is -2.06. The Morgan fingerprint density at radius 1 is 1.41 bits per heavy atom. The summed E-state index contributed by atoms with van der Waals surface area (Å²) in [4.78, 5) is 21.5. The van der Waals surface area contributed by atoms with E-state index in [1.54, 1.807) is 0 Å². The van der Waals surface area contributed by atoms with E-state index in [1.807, 2.05) is 0 Å². The number of nitrogens with one attached hydrogen (secondary N) is 1. The number of carbonyl (C=O) groups is 2. The van der Waals surface area contributed by atoms with E-state index < -0.39 is 29.4 Å². The van der Waals surface area contributed by atoms with Crippen molar-refractivity contribution in [1.29, 1.82) is 0 Å². The highest BCUT2D eigenvalue weighted by molar-refractivity contribution is 6.01. The fourth-order valence-electron chi connectivity index (χ4n) is 1.13. The van der Waals surface area contributed by atoms with Gasteiger partial charge in [0.2, 0.25) is 0 Å². The summed E-state index contributed by atoms with van der Waals surface area (Å²) in [6.07, 6.45) is -5.10. The lowest BCUT2D eigenvalue weighted by atomic mass is 10.2. The minimum absolute atomic E-state index is 0.134. The highest BCUT2D eigenvalue weighted by Crippen LogP contribution is 2.22. The zero-order valence-corrected chi connectivity index (χ0v) is 8.79. The van der Waals surface area contributed by atoms with Gasteiger partial charge in [0.15, 0.2) is 5.82 Å². The van der Waals surface area contributed by atoms with E-state index in [9.17, 15) is 22.8 Å². The van der Waals surface area contributed by atoms with Crippen LogP contribution in [-0.2, 0) is 11.8 Å². The molecule has 0 aliphatic carbocycles. The first-order chi connectivity index (χ1) is 7.64. The smallest absolute Gasteiger partial charge is 0.471 e. The summed E-state index contributed by atoms with van der Waals surface area (Å²) in [5.74, 6) is -4.36. The van der Waals surface area contributed by atoms with Crippen LogP contribution < -0.4 is 5.32 Å². The van der Waals surface area contributed by atoms with Gasteiger partial charge in [-0.1, -0.05) is 0 Å². The fraction of sp³-hybridized carbons (Fsp3) is 0.375. The van der Waals surface area contributed by atoms with Gasteiger partial charge in [-0.2, -0.15) is 18.3 Å². The van der Waals surface area contributed by atoms with E-state index in [0.717, 1.165) is 4.68 Å². The van der Waals surface area contributed by atoms with Crippen molar-refractivity contribution < 1.29 is 27.9 Å². The maximum Gasteiger partial charge on any atom is 0.471 e. The number of aromatic carboxylic acids is 1. The average molecular weight is 251 g/mol. The number of nitrogens with zero attached hydrogens (tertiary/aromatic N) is 2. The Morgan fingerprint density at radius 3 is 2.35 bits per heavy atom. The van der Waals surface area contributed by atoms with Crippen molar-refractivity contribution in [2.45, 2.75) is 13.1 Å². The van der Waals surface area contributed by atoms with Crippen LogP contribution >= 0.6 is 0 Å². The molecule has 1 heterocycles. The Morgan fingerprint density at radius 2 is 1.94 bits per heavy atom. The second-order valence-corrected chi connectivity index (χ2v) is 3.19. The van der Waals surface area contributed by atoms with Crippen LogP contribution in [0.2, 0.25) is 0 Å². The van der Waals surface area contributed by atoms with Crippen molar-refractivity contribution in [3.05, 3.63) is 11.3 Å². The molecule has 0 aliphatic rings. The molecule has 0 radical (unpaired) electrons. The summed E-state index contributed by atoms with van der Waals surface area (Å²) in [5, 5.41) is 13.7. The van der Waals surface area contributed by atoms with E-state index in [2.05, 4.69) is 5.10 Å². The summed E-state index contributed by atoms with van der Waals surface area (Å²) < 4.78 is 37.0. The molecule has 1 aromatic rings. The molecule has 2 N–H and O–H groups in total. The monoisotopic (exact) mass is 251 g/mol. The zero-order valence-electron chi connectivity index (χ0n) is 8.79. The van der Waals surface area contributed by atoms with Crippen LogP contribution in [0.25, 0.3) is 0 Å². The van der Waals surface area contributed by atoms with Crippen molar-refractivity contribution >= 4 is 17.7 Å². The molecule has 0 aliphatic heterocycles. The van der Waals surface area contributed by atoms with Gasteiger partial charge in [-0.25, -0.2) is 4.79 Å². The van der Waals surface area contributed by atoms with Crippen LogP contribution in [0.3, 0.4) is 0 Å². The summed E-state index contributed by atoms with van der Waals surface area (Å²) in [6, 6.07) is 0. The Balaban J connectivity index is 3.12. The first kappa shape index (κ1) is 13.0. The molecular weight excluding hydrogens is 243 g/mol. The lowest BCUT2D eigenvalue weighted by molar-refractivity contribution is -0.167. The third-order valence-electron chi connectivity index (χ3n) is 2.04. The second-order valence-electron chi connectivity index (χ2n) is 3.19. The van der Waals surface area contributed by atoms with Crippen molar-refractivity contribution in [3.8, 4) is 0 Å². The molecule has 0 atom stereocenters. The predicted molar refractivity (Wildman–Crippen MR) is 49.6 cm³/mol. The SMILES string of the molecule is Cc1c(C(=O)O)c(NC(=O)C(F)(F)F)nn1C. The van der Waals surface area contributed by atoms with Gasteiger partial charge >= 0.3 is 18.1 Å².